The molecular weight excluding hydrogens is 278 g/mol. The number of nitrogens with two attached hydrogens (primary N) is 1. The van der Waals surface area contributed by atoms with E-state index in [9.17, 15) is 0 Å². The Morgan fingerprint density at radius 1 is 1.10 bits per heavy atom. The minimum Gasteiger partial charge on any atom is -0.496 e. The summed E-state index contributed by atoms with van der Waals surface area (Å²) in [5, 5.41) is 0. The van der Waals surface area contributed by atoms with Crippen LogP contribution in [0.2, 0.25) is 0 Å². The van der Waals surface area contributed by atoms with Crippen molar-refractivity contribution in [2.45, 2.75) is 6.61 Å². The van der Waals surface area contributed by atoms with Gasteiger partial charge in [0.25, 0.3) is 0 Å². The standard InChI is InChI=1S/C14H21NO4S/c1-16-5-6-18-7-8-19-10-12-9-11(14(15)20)3-4-13(12)17-2/h3-4,9H,5-8,10H2,1-2H3,(H2,15,20). The Morgan fingerprint density at radius 3 is 2.45 bits per heavy atom. The number of rotatable bonds is 10. The summed E-state index contributed by atoms with van der Waals surface area (Å²) in [6.45, 7) is 2.61. The molecule has 1 rings (SSSR count). The van der Waals surface area contributed by atoms with Gasteiger partial charge in [-0.15, -0.1) is 0 Å². The molecule has 112 valence electrons. The van der Waals surface area contributed by atoms with E-state index in [2.05, 4.69) is 0 Å². The van der Waals surface area contributed by atoms with Crippen molar-refractivity contribution in [3.8, 4) is 5.75 Å². The van der Waals surface area contributed by atoms with Crippen LogP contribution in [0.1, 0.15) is 11.1 Å². The van der Waals surface area contributed by atoms with Crippen molar-refractivity contribution in [2.75, 3.05) is 40.6 Å². The Balaban J connectivity index is 2.41. The van der Waals surface area contributed by atoms with Crippen LogP contribution in [0.5, 0.6) is 5.75 Å². The van der Waals surface area contributed by atoms with E-state index in [-0.39, 0.29) is 0 Å². The minimum atomic E-state index is 0.358. The zero-order valence-corrected chi connectivity index (χ0v) is 12.7. The summed E-state index contributed by atoms with van der Waals surface area (Å²) in [5.74, 6) is 0.755. The summed E-state index contributed by atoms with van der Waals surface area (Å²) in [7, 11) is 3.26. The Kier molecular flexibility index (Phi) is 8.13. The first kappa shape index (κ1) is 16.8. The molecule has 0 heterocycles. The SMILES string of the molecule is COCCOCCOCc1cc(C(N)=S)ccc1OC. The zero-order valence-electron chi connectivity index (χ0n) is 11.9. The molecule has 0 atom stereocenters. The second-order valence-corrected chi connectivity index (χ2v) is 4.49. The fourth-order valence-corrected chi connectivity index (χ4v) is 1.72. The van der Waals surface area contributed by atoms with E-state index in [1.54, 1.807) is 14.2 Å². The van der Waals surface area contributed by atoms with E-state index in [1.165, 1.54) is 0 Å². The zero-order chi connectivity index (χ0) is 14.8. The van der Waals surface area contributed by atoms with Gasteiger partial charge in [0.15, 0.2) is 0 Å². The van der Waals surface area contributed by atoms with Crippen molar-refractivity contribution < 1.29 is 18.9 Å². The van der Waals surface area contributed by atoms with Gasteiger partial charge in [-0.3, -0.25) is 0 Å². The van der Waals surface area contributed by atoms with Crippen LogP contribution < -0.4 is 10.5 Å². The van der Waals surface area contributed by atoms with Gasteiger partial charge in [0, 0.05) is 18.2 Å². The molecule has 0 aliphatic rings. The van der Waals surface area contributed by atoms with Crippen molar-refractivity contribution in [1.29, 1.82) is 0 Å². The average Bonchev–Trinajstić information content (AvgIpc) is 2.46. The van der Waals surface area contributed by atoms with Crippen LogP contribution in [0.3, 0.4) is 0 Å². The fourth-order valence-electron chi connectivity index (χ4n) is 1.59. The maximum absolute atomic E-state index is 5.61. The lowest BCUT2D eigenvalue weighted by Gasteiger charge is -2.11. The molecule has 0 saturated carbocycles. The molecule has 0 aliphatic carbocycles. The Morgan fingerprint density at radius 2 is 1.80 bits per heavy atom. The Bertz CT molecular complexity index is 426. The molecule has 0 fully saturated rings. The molecule has 0 radical (unpaired) electrons. The fraction of sp³-hybridized carbons (Fsp3) is 0.500. The number of hydrogen-bond donors (Lipinski definition) is 1. The Labute approximate surface area is 125 Å². The van der Waals surface area contributed by atoms with Crippen molar-refractivity contribution in [3.63, 3.8) is 0 Å². The molecule has 20 heavy (non-hydrogen) atoms. The maximum Gasteiger partial charge on any atom is 0.124 e. The number of methoxy groups -OCH3 is 2. The second kappa shape index (κ2) is 9.66. The minimum absolute atomic E-state index is 0.358. The lowest BCUT2D eigenvalue weighted by Crippen LogP contribution is -2.11. The van der Waals surface area contributed by atoms with E-state index in [4.69, 9.17) is 36.9 Å². The molecule has 0 saturated heterocycles. The monoisotopic (exact) mass is 299 g/mol. The lowest BCUT2D eigenvalue weighted by atomic mass is 10.1. The van der Waals surface area contributed by atoms with Gasteiger partial charge < -0.3 is 24.7 Å². The van der Waals surface area contributed by atoms with Gasteiger partial charge in [-0.2, -0.15) is 0 Å². The Hall–Kier alpha value is -1.21. The summed E-state index contributed by atoms with van der Waals surface area (Å²) in [5.41, 5.74) is 7.33. The highest BCUT2D eigenvalue weighted by Crippen LogP contribution is 2.20. The van der Waals surface area contributed by atoms with E-state index < -0.39 is 0 Å². The van der Waals surface area contributed by atoms with Gasteiger partial charge in [-0.25, -0.2) is 0 Å². The van der Waals surface area contributed by atoms with Gasteiger partial charge in [-0.05, 0) is 18.2 Å². The third kappa shape index (κ3) is 5.83. The van der Waals surface area contributed by atoms with Crippen LogP contribution in [0.15, 0.2) is 18.2 Å². The topological polar surface area (TPSA) is 62.9 Å². The first-order chi connectivity index (χ1) is 9.69. The van der Waals surface area contributed by atoms with Crippen molar-refractivity contribution in [2.24, 2.45) is 5.73 Å². The predicted octanol–water partition coefficient (Wildman–Crippen LogP) is 1.51. The molecule has 5 nitrogen and oxygen atoms in total. The largest absolute Gasteiger partial charge is 0.496 e. The number of thiocarbonyl (C=S) groups is 1. The van der Waals surface area contributed by atoms with Gasteiger partial charge in [0.1, 0.15) is 10.7 Å². The van der Waals surface area contributed by atoms with Crippen molar-refractivity contribution in [1.82, 2.24) is 0 Å². The number of hydrogen-bond acceptors (Lipinski definition) is 5. The van der Waals surface area contributed by atoms with Crippen molar-refractivity contribution in [3.05, 3.63) is 29.3 Å². The third-order valence-corrected chi connectivity index (χ3v) is 2.86. The predicted molar refractivity (Wildman–Crippen MR) is 81.2 cm³/mol. The summed E-state index contributed by atoms with van der Waals surface area (Å²) in [6, 6.07) is 5.55. The summed E-state index contributed by atoms with van der Waals surface area (Å²) in [4.78, 5) is 0.358. The van der Waals surface area contributed by atoms with Crippen LogP contribution >= 0.6 is 12.2 Å². The van der Waals surface area contributed by atoms with Gasteiger partial charge in [-0.1, -0.05) is 12.2 Å². The third-order valence-electron chi connectivity index (χ3n) is 2.63. The first-order valence-corrected chi connectivity index (χ1v) is 6.71. The smallest absolute Gasteiger partial charge is 0.124 e. The van der Waals surface area contributed by atoms with E-state index in [1.807, 2.05) is 18.2 Å². The molecular formula is C14H21NO4S. The van der Waals surface area contributed by atoms with E-state index in [0.29, 0.717) is 38.0 Å². The highest BCUT2D eigenvalue weighted by molar-refractivity contribution is 7.80. The number of benzene rings is 1. The van der Waals surface area contributed by atoms with Crippen molar-refractivity contribution >= 4 is 17.2 Å². The normalized spacial score (nSPS) is 10.5. The molecule has 0 bridgehead atoms. The van der Waals surface area contributed by atoms with Gasteiger partial charge in [0.05, 0.1) is 40.1 Å². The van der Waals surface area contributed by atoms with E-state index >= 15 is 0 Å². The first-order valence-electron chi connectivity index (χ1n) is 6.30. The van der Waals surface area contributed by atoms with Crippen LogP contribution in [-0.4, -0.2) is 45.6 Å². The number of ether oxygens (including phenoxy) is 4. The van der Waals surface area contributed by atoms with Gasteiger partial charge >= 0.3 is 0 Å². The second-order valence-electron chi connectivity index (χ2n) is 4.05. The molecule has 6 heteroatoms. The summed E-state index contributed by atoms with van der Waals surface area (Å²) >= 11 is 4.96. The molecule has 0 amide bonds. The van der Waals surface area contributed by atoms with Crippen LogP contribution in [-0.2, 0) is 20.8 Å². The highest BCUT2D eigenvalue weighted by atomic mass is 32.1. The summed E-state index contributed by atoms with van der Waals surface area (Å²) < 4.78 is 21.0. The van der Waals surface area contributed by atoms with Crippen LogP contribution in [0.4, 0.5) is 0 Å². The molecule has 0 unspecified atom stereocenters. The van der Waals surface area contributed by atoms with Crippen LogP contribution in [0, 0.1) is 0 Å². The summed E-state index contributed by atoms with van der Waals surface area (Å²) in [6.07, 6.45) is 0. The quantitative estimate of drug-likeness (QED) is 0.522. The molecule has 0 aliphatic heterocycles. The molecule has 1 aromatic rings. The molecule has 0 spiro atoms. The molecule has 0 aromatic heterocycles. The molecule has 1 aromatic carbocycles. The van der Waals surface area contributed by atoms with Gasteiger partial charge in [0.2, 0.25) is 0 Å². The van der Waals surface area contributed by atoms with E-state index in [0.717, 1.165) is 16.9 Å². The highest BCUT2D eigenvalue weighted by Gasteiger charge is 2.06. The molecule has 2 N–H and O–H groups in total. The average molecular weight is 299 g/mol. The lowest BCUT2D eigenvalue weighted by molar-refractivity contribution is 0.0196. The van der Waals surface area contributed by atoms with Crippen LogP contribution in [0.25, 0.3) is 0 Å². The maximum atomic E-state index is 5.61.